The summed E-state index contributed by atoms with van der Waals surface area (Å²) in [6, 6.07) is 45.6. The highest BCUT2D eigenvalue weighted by molar-refractivity contribution is 6.07. The number of pyridine rings is 4. The van der Waals surface area contributed by atoms with E-state index in [4.69, 9.17) is 19.9 Å². The molecule has 6 nitrogen and oxygen atoms in total. The third-order valence-electron chi connectivity index (χ3n) is 8.26. The molecule has 0 aliphatic carbocycles. The van der Waals surface area contributed by atoms with E-state index < -0.39 is 0 Å². The zero-order valence-corrected chi connectivity index (χ0v) is 23.5. The Morgan fingerprint density at radius 2 is 0.795 bits per heavy atom. The zero-order chi connectivity index (χ0) is 29.0. The van der Waals surface area contributed by atoms with Gasteiger partial charge in [-0.25, -0.2) is 9.97 Å². The molecular weight excluding hydrogens is 540 g/mol. The molecule has 0 amide bonds. The Labute approximate surface area is 252 Å². The van der Waals surface area contributed by atoms with Crippen LogP contribution in [0, 0.1) is 0 Å². The topological polar surface area (TPSA) is 61.4 Å². The van der Waals surface area contributed by atoms with Gasteiger partial charge in [0.2, 0.25) is 0 Å². The van der Waals surface area contributed by atoms with E-state index in [1.54, 1.807) is 0 Å². The first-order valence-corrected chi connectivity index (χ1v) is 14.6. The minimum Gasteiger partial charge on any atom is -0.292 e. The van der Waals surface area contributed by atoms with E-state index in [0.717, 1.165) is 78.0 Å². The Kier molecular flexibility index (Phi) is 5.40. The van der Waals surface area contributed by atoms with Gasteiger partial charge in [-0.3, -0.25) is 19.1 Å². The van der Waals surface area contributed by atoms with E-state index in [1.807, 2.05) is 24.5 Å². The van der Waals surface area contributed by atoms with Crippen LogP contribution in [0.25, 0.3) is 78.0 Å². The van der Waals surface area contributed by atoms with Crippen molar-refractivity contribution in [3.63, 3.8) is 0 Å². The lowest BCUT2D eigenvalue weighted by molar-refractivity contribution is 1.08. The van der Waals surface area contributed by atoms with E-state index in [-0.39, 0.29) is 0 Å². The molecule has 6 aromatic heterocycles. The van der Waals surface area contributed by atoms with Crippen LogP contribution in [0.15, 0.2) is 146 Å². The maximum Gasteiger partial charge on any atom is 0.138 e. The smallest absolute Gasteiger partial charge is 0.138 e. The van der Waals surface area contributed by atoms with E-state index >= 15 is 0 Å². The number of para-hydroxylation sites is 2. The largest absolute Gasteiger partial charge is 0.292 e. The maximum atomic E-state index is 5.22. The van der Waals surface area contributed by atoms with Crippen molar-refractivity contribution in [2.45, 2.75) is 0 Å². The fraction of sp³-hybridized carbons (Fsp3) is 0. The van der Waals surface area contributed by atoms with E-state index in [9.17, 15) is 0 Å². The lowest BCUT2D eigenvalue weighted by Crippen LogP contribution is -2.00. The monoisotopic (exact) mass is 564 g/mol. The molecule has 0 fully saturated rings. The van der Waals surface area contributed by atoms with Crippen molar-refractivity contribution >= 4 is 43.9 Å². The van der Waals surface area contributed by atoms with Crippen LogP contribution in [-0.2, 0) is 0 Å². The average molecular weight is 565 g/mol. The summed E-state index contributed by atoms with van der Waals surface area (Å²) in [6.45, 7) is 0. The summed E-state index contributed by atoms with van der Waals surface area (Å²) in [7, 11) is 0. The van der Waals surface area contributed by atoms with E-state index in [0.29, 0.717) is 0 Å². The van der Waals surface area contributed by atoms with Crippen molar-refractivity contribution < 1.29 is 0 Å². The van der Waals surface area contributed by atoms with Crippen molar-refractivity contribution in [1.82, 2.24) is 29.1 Å². The van der Waals surface area contributed by atoms with Gasteiger partial charge in [-0.15, -0.1) is 0 Å². The Bertz CT molecular complexity index is 2240. The Balaban J connectivity index is 1.21. The zero-order valence-electron chi connectivity index (χ0n) is 23.5. The summed E-state index contributed by atoms with van der Waals surface area (Å²) in [6.07, 6.45) is 3.69. The number of fused-ring (bicyclic) bond motifs is 6. The first-order valence-electron chi connectivity index (χ1n) is 14.6. The molecule has 206 valence electrons. The summed E-state index contributed by atoms with van der Waals surface area (Å²) in [4.78, 5) is 19.8. The van der Waals surface area contributed by atoms with Crippen molar-refractivity contribution in [2.75, 3.05) is 0 Å². The summed E-state index contributed by atoms with van der Waals surface area (Å²) < 4.78 is 4.39. The van der Waals surface area contributed by atoms with Gasteiger partial charge in [-0.1, -0.05) is 72.8 Å². The Morgan fingerprint density at radius 3 is 1.30 bits per heavy atom. The molecule has 0 saturated carbocycles. The van der Waals surface area contributed by atoms with Gasteiger partial charge in [0.1, 0.15) is 11.6 Å². The van der Waals surface area contributed by atoms with Crippen LogP contribution in [-0.4, -0.2) is 29.1 Å². The van der Waals surface area contributed by atoms with Crippen molar-refractivity contribution in [2.24, 2.45) is 0 Å². The lowest BCUT2D eigenvalue weighted by Gasteiger charge is -2.13. The van der Waals surface area contributed by atoms with Gasteiger partial charge in [0.05, 0.1) is 44.5 Å². The normalized spacial score (nSPS) is 11.6. The van der Waals surface area contributed by atoms with Crippen molar-refractivity contribution in [3.05, 3.63) is 146 Å². The molecule has 0 spiro atoms. The number of hydrogen-bond donors (Lipinski definition) is 0. The van der Waals surface area contributed by atoms with E-state index in [2.05, 4.69) is 130 Å². The van der Waals surface area contributed by atoms with Crippen LogP contribution < -0.4 is 0 Å². The molecule has 6 heterocycles. The molecule has 3 aromatic carbocycles. The second kappa shape index (κ2) is 9.71. The molecule has 9 aromatic rings. The minimum absolute atomic E-state index is 0.844. The van der Waals surface area contributed by atoms with E-state index in [1.165, 1.54) is 0 Å². The molecule has 0 atom stereocenters. The molecule has 0 unspecified atom stereocenters. The third kappa shape index (κ3) is 3.68. The number of benzene rings is 3. The first kappa shape index (κ1) is 24.5. The highest BCUT2D eigenvalue weighted by Crippen LogP contribution is 2.35. The number of nitrogens with zero attached hydrogens (tertiary/aromatic N) is 6. The van der Waals surface area contributed by atoms with Crippen molar-refractivity contribution in [1.29, 1.82) is 0 Å². The minimum atomic E-state index is 0.844. The maximum absolute atomic E-state index is 5.22. The lowest BCUT2D eigenvalue weighted by atomic mass is 10.0. The number of aromatic nitrogens is 6. The van der Waals surface area contributed by atoms with Crippen LogP contribution >= 0.6 is 0 Å². The van der Waals surface area contributed by atoms with Gasteiger partial charge in [-0.2, -0.15) is 0 Å². The number of rotatable bonds is 4. The molecule has 0 aliphatic heterocycles. The fourth-order valence-electron chi connectivity index (χ4n) is 6.39. The van der Waals surface area contributed by atoms with Crippen LogP contribution in [0.2, 0.25) is 0 Å². The molecule has 0 aliphatic rings. The average Bonchev–Trinajstić information content (AvgIpc) is 3.62. The van der Waals surface area contributed by atoms with Gasteiger partial charge >= 0.3 is 0 Å². The molecule has 6 heteroatoms. The highest BCUT2D eigenvalue weighted by atomic mass is 15.1. The molecule has 0 radical (unpaired) electrons. The predicted octanol–water partition coefficient (Wildman–Crippen LogP) is 8.79. The van der Waals surface area contributed by atoms with Crippen LogP contribution in [0.4, 0.5) is 0 Å². The quantitative estimate of drug-likeness (QED) is 0.214. The summed E-state index contributed by atoms with van der Waals surface area (Å²) in [5, 5.41) is 2.22. The first-order chi connectivity index (χ1) is 21.8. The van der Waals surface area contributed by atoms with Gasteiger partial charge in [-0.05, 0) is 60.7 Å². The summed E-state index contributed by atoms with van der Waals surface area (Å²) >= 11 is 0. The SMILES string of the molecule is c1cc(-c2ccccc2-c2cccc(-n3c4ccccc4c4ncccc43)n2)nc(-n2c3ccccc3c3ncccc32)c1. The molecule has 0 N–H and O–H groups in total. The molecule has 0 saturated heterocycles. The standard InChI is InChI=1S/C38H24N6/c1-2-12-26(30-16-8-22-36(42-30)44-32-18-6-4-14-28(32)38-34(44)20-10-24-40-38)25(11-1)29-15-7-21-35(41-29)43-31-17-5-3-13-27(31)37-33(43)19-9-23-39-37/h1-24H. The van der Waals surface area contributed by atoms with Gasteiger partial charge in [0, 0.05) is 34.3 Å². The Hall–Kier alpha value is -6.14. The second-order valence-corrected chi connectivity index (χ2v) is 10.8. The third-order valence-corrected chi connectivity index (χ3v) is 8.26. The molecule has 9 rings (SSSR count). The predicted molar refractivity (Wildman–Crippen MR) is 177 cm³/mol. The summed E-state index contributed by atoms with van der Waals surface area (Å²) in [5.74, 6) is 1.69. The van der Waals surface area contributed by atoms with Gasteiger partial charge in [0.15, 0.2) is 0 Å². The van der Waals surface area contributed by atoms with Gasteiger partial charge < -0.3 is 0 Å². The van der Waals surface area contributed by atoms with Crippen LogP contribution in [0.1, 0.15) is 0 Å². The highest BCUT2D eigenvalue weighted by Gasteiger charge is 2.17. The molecular formula is C38H24N6. The van der Waals surface area contributed by atoms with Crippen LogP contribution in [0.3, 0.4) is 0 Å². The van der Waals surface area contributed by atoms with Crippen LogP contribution in [0.5, 0.6) is 0 Å². The summed E-state index contributed by atoms with van der Waals surface area (Å²) in [5.41, 5.74) is 9.94. The molecule has 44 heavy (non-hydrogen) atoms. The fourth-order valence-corrected chi connectivity index (χ4v) is 6.39. The Morgan fingerprint density at radius 1 is 0.364 bits per heavy atom. The van der Waals surface area contributed by atoms with Gasteiger partial charge in [0.25, 0.3) is 0 Å². The molecule has 0 bridgehead atoms. The number of hydrogen-bond acceptors (Lipinski definition) is 4. The second-order valence-electron chi connectivity index (χ2n) is 10.8. The van der Waals surface area contributed by atoms with Crippen molar-refractivity contribution in [3.8, 4) is 34.2 Å².